The average Bonchev–Trinajstić information content (AvgIpc) is 2.20. The molecule has 2 heteroatoms. The van der Waals surface area contributed by atoms with Gasteiger partial charge in [-0.25, -0.2) is 0 Å². The van der Waals surface area contributed by atoms with Crippen molar-refractivity contribution in [1.29, 1.82) is 0 Å². The monoisotopic (exact) mass is 210 g/mol. The molecule has 0 spiro atoms. The van der Waals surface area contributed by atoms with Gasteiger partial charge < -0.3 is 0 Å². The summed E-state index contributed by atoms with van der Waals surface area (Å²) in [7, 11) is 0. The van der Waals surface area contributed by atoms with Gasteiger partial charge in [0.2, 0.25) is 0 Å². The van der Waals surface area contributed by atoms with E-state index in [2.05, 4.69) is 25.9 Å². The Morgan fingerprint density at radius 3 is 2.80 bits per heavy atom. The van der Waals surface area contributed by atoms with Crippen molar-refractivity contribution in [2.24, 2.45) is 17.2 Å². The van der Waals surface area contributed by atoms with Crippen LogP contribution in [0.5, 0.6) is 0 Å². The summed E-state index contributed by atoms with van der Waals surface area (Å²) >= 11 is 0. The number of nitrogens with one attached hydrogen (secondary N) is 1. The molecule has 0 bridgehead atoms. The zero-order valence-corrected chi connectivity index (χ0v) is 10.3. The Labute approximate surface area is 94.3 Å². The molecule has 0 heterocycles. The van der Waals surface area contributed by atoms with Gasteiger partial charge in [0.1, 0.15) is 0 Å². The second-order valence-corrected chi connectivity index (χ2v) is 5.48. The van der Waals surface area contributed by atoms with Gasteiger partial charge in [0.15, 0.2) is 0 Å². The summed E-state index contributed by atoms with van der Waals surface area (Å²) in [5.74, 6) is 6.40. The topological polar surface area (TPSA) is 38.0 Å². The molecule has 0 radical (unpaired) electrons. The van der Waals surface area contributed by atoms with Crippen LogP contribution in [-0.2, 0) is 0 Å². The lowest BCUT2D eigenvalue weighted by atomic mass is 9.65. The first-order valence-electron chi connectivity index (χ1n) is 6.19. The fraction of sp³-hybridized carbons (Fsp3) is 0.846. The lowest BCUT2D eigenvalue weighted by molar-refractivity contribution is 0.0951. The summed E-state index contributed by atoms with van der Waals surface area (Å²) in [4.78, 5) is 0. The molecule has 2 unspecified atom stereocenters. The number of nitrogens with two attached hydrogens (primary N) is 1. The van der Waals surface area contributed by atoms with Crippen molar-refractivity contribution in [3.05, 3.63) is 12.7 Å². The van der Waals surface area contributed by atoms with E-state index in [-0.39, 0.29) is 0 Å². The zero-order valence-electron chi connectivity index (χ0n) is 10.3. The standard InChI is InChI=1S/C13H26N2/c1-4-5-9-12(15-14)11-8-6-7-10-13(11,2)3/h4,11-12,15H,1,5-10,14H2,2-3H3. The third-order valence-corrected chi connectivity index (χ3v) is 3.97. The quantitative estimate of drug-likeness (QED) is 0.416. The number of allylic oxidation sites excluding steroid dienone is 1. The molecule has 0 aromatic carbocycles. The predicted octanol–water partition coefficient (Wildman–Crippen LogP) is 3.00. The molecular weight excluding hydrogens is 184 g/mol. The number of rotatable bonds is 5. The van der Waals surface area contributed by atoms with Gasteiger partial charge >= 0.3 is 0 Å². The molecule has 2 nitrogen and oxygen atoms in total. The van der Waals surface area contributed by atoms with Crippen LogP contribution in [0.3, 0.4) is 0 Å². The highest BCUT2D eigenvalue weighted by Gasteiger charge is 2.36. The van der Waals surface area contributed by atoms with E-state index in [0.717, 1.165) is 18.8 Å². The Balaban J connectivity index is 2.59. The third-order valence-electron chi connectivity index (χ3n) is 3.97. The van der Waals surface area contributed by atoms with Gasteiger partial charge in [0, 0.05) is 6.04 Å². The summed E-state index contributed by atoms with van der Waals surface area (Å²) in [5, 5.41) is 0. The van der Waals surface area contributed by atoms with Crippen LogP contribution in [0.15, 0.2) is 12.7 Å². The molecule has 1 saturated carbocycles. The lowest BCUT2D eigenvalue weighted by Gasteiger charge is -2.43. The van der Waals surface area contributed by atoms with Crippen molar-refractivity contribution in [2.75, 3.05) is 0 Å². The van der Waals surface area contributed by atoms with Crippen LogP contribution in [0, 0.1) is 11.3 Å². The third kappa shape index (κ3) is 3.32. The van der Waals surface area contributed by atoms with Crippen LogP contribution < -0.4 is 11.3 Å². The minimum absolute atomic E-state index is 0.441. The van der Waals surface area contributed by atoms with E-state index in [1.807, 2.05) is 6.08 Å². The SMILES string of the molecule is C=CCCC(NN)C1CCCCC1(C)C. The maximum Gasteiger partial charge on any atom is 0.0246 e. The molecule has 88 valence electrons. The Morgan fingerprint density at radius 2 is 2.27 bits per heavy atom. The maximum absolute atomic E-state index is 5.68. The summed E-state index contributed by atoms with van der Waals surface area (Å²) in [6.07, 6.45) is 9.56. The number of hydrogen-bond donors (Lipinski definition) is 2. The molecule has 2 atom stereocenters. The van der Waals surface area contributed by atoms with Crippen molar-refractivity contribution in [1.82, 2.24) is 5.43 Å². The molecule has 0 saturated heterocycles. The average molecular weight is 210 g/mol. The van der Waals surface area contributed by atoms with E-state index in [9.17, 15) is 0 Å². The predicted molar refractivity (Wildman–Crippen MR) is 66.3 cm³/mol. The number of hydrogen-bond acceptors (Lipinski definition) is 2. The van der Waals surface area contributed by atoms with Crippen LogP contribution in [0.4, 0.5) is 0 Å². The first-order chi connectivity index (χ1) is 7.11. The van der Waals surface area contributed by atoms with Gasteiger partial charge in [-0.15, -0.1) is 6.58 Å². The zero-order chi connectivity index (χ0) is 11.3. The highest BCUT2D eigenvalue weighted by molar-refractivity contribution is 4.90. The van der Waals surface area contributed by atoms with Gasteiger partial charge in [0.05, 0.1) is 0 Å². The molecular formula is C13H26N2. The summed E-state index contributed by atoms with van der Waals surface area (Å²) < 4.78 is 0. The number of hydrazine groups is 1. The lowest BCUT2D eigenvalue weighted by Crippen LogP contribution is -2.47. The Kier molecular flexibility index (Phi) is 4.81. The normalized spacial score (nSPS) is 27.3. The fourth-order valence-corrected chi connectivity index (χ4v) is 2.96. The summed E-state index contributed by atoms with van der Waals surface area (Å²) in [6.45, 7) is 8.55. The van der Waals surface area contributed by atoms with Gasteiger partial charge in [-0.1, -0.05) is 32.8 Å². The van der Waals surface area contributed by atoms with Crippen molar-refractivity contribution >= 4 is 0 Å². The molecule has 1 aliphatic rings. The van der Waals surface area contributed by atoms with E-state index in [0.29, 0.717) is 11.5 Å². The van der Waals surface area contributed by atoms with Crippen molar-refractivity contribution in [2.45, 2.75) is 58.4 Å². The van der Waals surface area contributed by atoms with Gasteiger partial charge in [-0.3, -0.25) is 11.3 Å². The van der Waals surface area contributed by atoms with Crippen LogP contribution in [-0.4, -0.2) is 6.04 Å². The van der Waals surface area contributed by atoms with Crippen LogP contribution in [0.25, 0.3) is 0 Å². The largest absolute Gasteiger partial charge is 0.271 e. The fourth-order valence-electron chi connectivity index (χ4n) is 2.96. The van der Waals surface area contributed by atoms with Gasteiger partial charge in [0.25, 0.3) is 0 Å². The highest BCUT2D eigenvalue weighted by atomic mass is 15.2. The first kappa shape index (κ1) is 12.7. The molecule has 0 amide bonds. The van der Waals surface area contributed by atoms with E-state index >= 15 is 0 Å². The molecule has 1 fully saturated rings. The van der Waals surface area contributed by atoms with Gasteiger partial charge in [-0.05, 0) is 37.0 Å². The van der Waals surface area contributed by atoms with Crippen molar-refractivity contribution < 1.29 is 0 Å². The maximum atomic E-state index is 5.68. The second kappa shape index (κ2) is 5.66. The van der Waals surface area contributed by atoms with Crippen molar-refractivity contribution in [3.63, 3.8) is 0 Å². The molecule has 3 N–H and O–H groups in total. The smallest absolute Gasteiger partial charge is 0.0246 e. The Bertz CT molecular complexity index is 199. The molecule has 0 aliphatic heterocycles. The molecule has 1 aliphatic carbocycles. The van der Waals surface area contributed by atoms with Crippen molar-refractivity contribution in [3.8, 4) is 0 Å². The Morgan fingerprint density at radius 1 is 1.53 bits per heavy atom. The molecule has 0 aromatic heterocycles. The first-order valence-corrected chi connectivity index (χ1v) is 6.19. The van der Waals surface area contributed by atoms with Crippen LogP contribution in [0.2, 0.25) is 0 Å². The van der Waals surface area contributed by atoms with Gasteiger partial charge in [-0.2, -0.15) is 0 Å². The Hall–Kier alpha value is -0.340. The minimum atomic E-state index is 0.441. The highest BCUT2D eigenvalue weighted by Crippen LogP contribution is 2.42. The minimum Gasteiger partial charge on any atom is -0.271 e. The second-order valence-electron chi connectivity index (χ2n) is 5.48. The van der Waals surface area contributed by atoms with E-state index in [4.69, 9.17) is 5.84 Å². The summed E-state index contributed by atoms with van der Waals surface area (Å²) in [6, 6.07) is 0.457. The van der Waals surface area contributed by atoms with E-state index < -0.39 is 0 Å². The van der Waals surface area contributed by atoms with Crippen LogP contribution in [0.1, 0.15) is 52.4 Å². The van der Waals surface area contributed by atoms with E-state index in [1.54, 1.807) is 0 Å². The molecule has 1 rings (SSSR count). The van der Waals surface area contributed by atoms with E-state index in [1.165, 1.54) is 25.7 Å². The van der Waals surface area contributed by atoms with Crippen LogP contribution >= 0.6 is 0 Å². The molecule has 15 heavy (non-hydrogen) atoms. The molecule has 0 aromatic rings. The summed E-state index contributed by atoms with van der Waals surface area (Å²) in [5.41, 5.74) is 3.46.